The van der Waals surface area contributed by atoms with Crippen LogP contribution in [0.5, 0.6) is 0 Å². The van der Waals surface area contributed by atoms with E-state index in [9.17, 15) is 0 Å². The lowest BCUT2D eigenvalue weighted by molar-refractivity contribution is 0.0626. The molecule has 1 aromatic heterocycles. The van der Waals surface area contributed by atoms with Crippen LogP contribution in [0.4, 0.5) is 0 Å². The molecule has 0 aliphatic rings. The van der Waals surface area contributed by atoms with E-state index < -0.39 is 0 Å². The van der Waals surface area contributed by atoms with Crippen LogP contribution in [0, 0.1) is 6.92 Å². The smallest absolute Gasteiger partial charge is 0.0705 e. The van der Waals surface area contributed by atoms with Crippen molar-refractivity contribution in [2.45, 2.75) is 32.9 Å². The number of aromatic nitrogens is 1. The molecule has 0 amide bonds. The fourth-order valence-corrected chi connectivity index (χ4v) is 2.10. The van der Waals surface area contributed by atoms with Crippen LogP contribution in [0.1, 0.15) is 31.1 Å². The van der Waals surface area contributed by atoms with Crippen LogP contribution in [-0.4, -0.2) is 24.7 Å². The number of hydrogen-bond donors (Lipinski definition) is 1. The van der Waals surface area contributed by atoms with Crippen molar-refractivity contribution < 1.29 is 4.74 Å². The monoisotopic (exact) mass is 258 g/mol. The van der Waals surface area contributed by atoms with Gasteiger partial charge in [0.1, 0.15) is 0 Å². The second-order valence-electron chi connectivity index (χ2n) is 5.13. The Bertz CT molecular complexity index is 551. The molecule has 0 radical (unpaired) electrons. The highest BCUT2D eigenvalue weighted by Gasteiger charge is 2.11. The molecule has 3 nitrogen and oxygen atoms in total. The van der Waals surface area contributed by atoms with Gasteiger partial charge in [-0.15, -0.1) is 0 Å². The third-order valence-corrected chi connectivity index (χ3v) is 3.20. The van der Waals surface area contributed by atoms with Gasteiger partial charge in [-0.1, -0.05) is 12.1 Å². The van der Waals surface area contributed by atoms with Crippen molar-refractivity contribution in [1.29, 1.82) is 0 Å². The van der Waals surface area contributed by atoms with Gasteiger partial charge in [-0.25, -0.2) is 0 Å². The van der Waals surface area contributed by atoms with E-state index in [0.29, 0.717) is 6.61 Å². The standard InChI is InChI=1S/C16H22N2O/c1-11(2)19-10-16(17-4)14-7-8-15-13(9-14)6-5-12(3)18-15/h5-9,11,16-17H,10H2,1-4H3. The predicted octanol–water partition coefficient (Wildman–Crippen LogP) is 3.23. The first-order valence-electron chi connectivity index (χ1n) is 6.76. The Morgan fingerprint density at radius 1 is 1.21 bits per heavy atom. The van der Waals surface area contributed by atoms with Gasteiger partial charge in [0.15, 0.2) is 0 Å². The van der Waals surface area contributed by atoms with E-state index in [4.69, 9.17) is 4.74 Å². The molecule has 1 unspecified atom stereocenters. The molecule has 2 aromatic rings. The SMILES string of the molecule is CNC(COC(C)C)c1ccc2nc(C)ccc2c1. The van der Waals surface area contributed by atoms with Crippen LogP contribution in [0.2, 0.25) is 0 Å². The fraction of sp³-hybridized carbons (Fsp3) is 0.438. The molecule has 19 heavy (non-hydrogen) atoms. The van der Waals surface area contributed by atoms with Crippen LogP contribution in [0.3, 0.4) is 0 Å². The predicted molar refractivity (Wildman–Crippen MR) is 79.4 cm³/mol. The number of nitrogens with one attached hydrogen (secondary N) is 1. The minimum absolute atomic E-state index is 0.216. The van der Waals surface area contributed by atoms with E-state index in [-0.39, 0.29) is 12.1 Å². The zero-order valence-corrected chi connectivity index (χ0v) is 12.1. The van der Waals surface area contributed by atoms with Crippen molar-refractivity contribution >= 4 is 10.9 Å². The van der Waals surface area contributed by atoms with E-state index >= 15 is 0 Å². The summed E-state index contributed by atoms with van der Waals surface area (Å²) in [6.07, 6.45) is 0.251. The number of rotatable bonds is 5. The lowest BCUT2D eigenvalue weighted by Crippen LogP contribution is -2.23. The van der Waals surface area contributed by atoms with Crippen molar-refractivity contribution in [1.82, 2.24) is 10.3 Å². The third-order valence-electron chi connectivity index (χ3n) is 3.20. The Hall–Kier alpha value is -1.45. The molecular weight excluding hydrogens is 236 g/mol. The molecular formula is C16H22N2O. The van der Waals surface area contributed by atoms with Crippen molar-refractivity contribution in [3.05, 3.63) is 41.6 Å². The summed E-state index contributed by atoms with van der Waals surface area (Å²) in [6.45, 7) is 6.80. The quantitative estimate of drug-likeness (QED) is 0.894. The number of hydrogen-bond acceptors (Lipinski definition) is 3. The molecule has 2 rings (SSSR count). The second-order valence-corrected chi connectivity index (χ2v) is 5.13. The van der Waals surface area contributed by atoms with Crippen LogP contribution >= 0.6 is 0 Å². The minimum Gasteiger partial charge on any atom is -0.377 e. The summed E-state index contributed by atoms with van der Waals surface area (Å²) < 4.78 is 5.70. The number of benzene rings is 1. The molecule has 0 fully saturated rings. The Kier molecular flexibility index (Phi) is 4.51. The van der Waals surface area contributed by atoms with Gasteiger partial charge in [-0.05, 0) is 51.6 Å². The summed E-state index contributed by atoms with van der Waals surface area (Å²) in [4.78, 5) is 4.52. The zero-order chi connectivity index (χ0) is 13.8. The largest absolute Gasteiger partial charge is 0.377 e. The molecule has 1 aromatic carbocycles. The lowest BCUT2D eigenvalue weighted by atomic mass is 10.0. The third kappa shape index (κ3) is 3.52. The zero-order valence-electron chi connectivity index (χ0n) is 12.1. The first-order valence-corrected chi connectivity index (χ1v) is 6.76. The van der Waals surface area contributed by atoms with Gasteiger partial charge in [0.25, 0.3) is 0 Å². The molecule has 0 saturated heterocycles. The number of aryl methyl sites for hydroxylation is 1. The van der Waals surface area contributed by atoms with Crippen molar-refractivity contribution in [3.8, 4) is 0 Å². The normalized spacial score (nSPS) is 13.1. The molecule has 1 N–H and O–H groups in total. The summed E-state index contributed by atoms with van der Waals surface area (Å²) in [5.41, 5.74) is 3.33. The molecule has 1 heterocycles. The first kappa shape index (κ1) is 14.0. The highest BCUT2D eigenvalue weighted by molar-refractivity contribution is 5.79. The maximum absolute atomic E-state index is 5.70. The van der Waals surface area contributed by atoms with Gasteiger partial charge in [0.2, 0.25) is 0 Å². The Balaban J connectivity index is 2.25. The average Bonchev–Trinajstić information content (AvgIpc) is 2.39. The Labute approximate surface area is 115 Å². The maximum Gasteiger partial charge on any atom is 0.0705 e. The number of nitrogens with zero attached hydrogens (tertiary/aromatic N) is 1. The second kappa shape index (κ2) is 6.13. The van der Waals surface area contributed by atoms with Gasteiger partial charge in [0, 0.05) is 11.1 Å². The molecule has 0 aliphatic carbocycles. The minimum atomic E-state index is 0.216. The van der Waals surface area contributed by atoms with Crippen LogP contribution < -0.4 is 5.32 Å². The van der Waals surface area contributed by atoms with E-state index in [1.54, 1.807) is 0 Å². The number of pyridine rings is 1. The molecule has 1 atom stereocenters. The highest BCUT2D eigenvalue weighted by Crippen LogP contribution is 2.20. The van der Waals surface area contributed by atoms with E-state index in [0.717, 1.165) is 11.2 Å². The van der Waals surface area contributed by atoms with Gasteiger partial charge in [0.05, 0.1) is 24.3 Å². The Morgan fingerprint density at radius 3 is 2.68 bits per heavy atom. The summed E-state index contributed by atoms with van der Waals surface area (Å²) in [7, 11) is 1.96. The number of ether oxygens (including phenoxy) is 1. The maximum atomic E-state index is 5.70. The van der Waals surface area contributed by atoms with E-state index in [1.165, 1.54) is 10.9 Å². The lowest BCUT2D eigenvalue weighted by Gasteiger charge is -2.19. The molecule has 0 bridgehead atoms. The molecule has 102 valence electrons. The fourth-order valence-electron chi connectivity index (χ4n) is 2.10. The number of fused-ring (bicyclic) bond motifs is 1. The van der Waals surface area contributed by atoms with E-state index in [2.05, 4.69) is 48.4 Å². The summed E-state index contributed by atoms with van der Waals surface area (Å²) in [5.74, 6) is 0. The summed E-state index contributed by atoms with van der Waals surface area (Å²) in [5, 5.41) is 4.48. The first-order chi connectivity index (χ1) is 9.10. The topological polar surface area (TPSA) is 34.1 Å². The van der Waals surface area contributed by atoms with Crippen LogP contribution in [0.15, 0.2) is 30.3 Å². The molecule has 0 saturated carbocycles. The molecule has 0 spiro atoms. The van der Waals surface area contributed by atoms with E-state index in [1.807, 2.05) is 20.0 Å². The van der Waals surface area contributed by atoms with Gasteiger partial charge >= 0.3 is 0 Å². The summed E-state index contributed by atoms with van der Waals surface area (Å²) >= 11 is 0. The van der Waals surface area contributed by atoms with Gasteiger partial charge < -0.3 is 10.1 Å². The van der Waals surface area contributed by atoms with Gasteiger partial charge in [-0.3, -0.25) is 4.98 Å². The number of likely N-dealkylation sites (N-methyl/N-ethyl adjacent to an activating group) is 1. The van der Waals surface area contributed by atoms with Crippen molar-refractivity contribution in [3.63, 3.8) is 0 Å². The van der Waals surface area contributed by atoms with Crippen molar-refractivity contribution in [2.75, 3.05) is 13.7 Å². The molecule has 0 aliphatic heterocycles. The summed E-state index contributed by atoms with van der Waals surface area (Å²) in [6, 6.07) is 10.8. The van der Waals surface area contributed by atoms with Crippen LogP contribution in [0.25, 0.3) is 10.9 Å². The van der Waals surface area contributed by atoms with Crippen LogP contribution in [-0.2, 0) is 4.74 Å². The molecule has 3 heteroatoms. The highest BCUT2D eigenvalue weighted by atomic mass is 16.5. The average molecular weight is 258 g/mol. The van der Waals surface area contributed by atoms with Crippen molar-refractivity contribution in [2.24, 2.45) is 0 Å². The Morgan fingerprint density at radius 2 is 2.00 bits per heavy atom. The van der Waals surface area contributed by atoms with Gasteiger partial charge in [-0.2, -0.15) is 0 Å².